The van der Waals surface area contributed by atoms with Gasteiger partial charge >= 0.3 is 0 Å². The zero-order valence-corrected chi connectivity index (χ0v) is 17.0. The van der Waals surface area contributed by atoms with E-state index in [0.717, 1.165) is 36.4 Å². The van der Waals surface area contributed by atoms with E-state index in [1.54, 1.807) is 12.1 Å². The maximum Gasteiger partial charge on any atom is 0.251 e. The Bertz CT molecular complexity index is 970. The minimum absolute atomic E-state index is 0.0745. The van der Waals surface area contributed by atoms with E-state index in [2.05, 4.69) is 10.2 Å². The van der Waals surface area contributed by atoms with E-state index in [4.69, 9.17) is 4.74 Å². The maximum absolute atomic E-state index is 12.7. The lowest BCUT2D eigenvalue weighted by molar-refractivity contribution is 0.0956. The molecule has 1 fully saturated rings. The predicted molar refractivity (Wildman–Crippen MR) is 113 cm³/mol. The van der Waals surface area contributed by atoms with Crippen molar-refractivity contribution in [2.75, 3.05) is 54.4 Å². The molecule has 8 heteroatoms. The number of sulfonamides is 1. The fourth-order valence-electron chi connectivity index (χ4n) is 3.75. The molecule has 0 unspecified atom stereocenters. The van der Waals surface area contributed by atoms with Gasteiger partial charge in [0.05, 0.1) is 24.7 Å². The van der Waals surface area contributed by atoms with Gasteiger partial charge in [-0.05, 0) is 42.3 Å². The van der Waals surface area contributed by atoms with Crippen LogP contribution in [0.25, 0.3) is 0 Å². The summed E-state index contributed by atoms with van der Waals surface area (Å²) in [6.45, 7) is 3.62. The van der Waals surface area contributed by atoms with Gasteiger partial charge in [0.25, 0.3) is 5.91 Å². The van der Waals surface area contributed by atoms with Crippen LogP contribution in [-0.2, 0) is 21.2 Å². The van der Waals surface area contributed by atoms with Crippen LogP contribution in [0.5, 0.6) is 0 Å². The standard InChI is InChI=1S/C21H25N3O4S/c25-21(18-5-7-19(8-6-18)23-12-14-28-15-13-23)22-10-16-29(26,27)24-11-9-17-3-1-2-4-20(17)24/h1-8H,9-16H2,(H,22,25). The molecule has 0 aromatic heterocycles. The minimum Gasteiger partial charge on any atom is -0.378 e. The van der Waals surface area contributed by atoms with Gasteiger partial charge in [-0.15, -0.1) is 0 Å². The van der Waals surface area contributed by atoms with Crippen LogP contribution >= 0.6 is 0 Å². The van der Waals surface area contributed by atoms with Gasteiger partial charge < -0.3 is 15.0 Å². The number of anilines is 2. The van der Waals surface area contributed by atoms with Gasteiger partial charge in [-0.25, -0.2) is 8.42 Å². The molecule has 1 saturated heterocycles. The minimum atomic E-state index is -3.47. The molecule has 2 heterocycles. The molecular formula is C21H25N3O4S. The lowest BCUT2D eigenvalue weighted by atomic mass is 10.1. The molecule has 0 spiro atoms. The Morgan fingerprint density at radius 2 is 1.72 bits per heavy atom. The van der Waals surface area contributed by atoms with E-state index in [1.165, 1.54) is 4.31 Å². The molecule has 0 atom stereocenters. The molecule has 7 nitrogen and oxygen atoms in total. The number of para-hydroxylation sites is 1. The van der Waals surface area contributed by atoms with E-state index in [9.17, 15) is 13.2 Å². The van der Waals surface area contributed by atoms with Crippen LogP contribution in [0.1, 0.15) is 15.9 Å². The van der Waals surface area contributed by atoms with Crippen molar-refractivity contribution in [3.05, 3.63) is 59.7 Å². The fourth-order valence-corrected chi connectivity index (χ4v) is 5.18. The number of ether oxygens (including phenoxy) is 1. The van der Waals surface area contributed by atoms with Gasteiger partial charge in [0.1, 0.15) is 0 Å². The Morgan fingerprint density at radius 3 is 2.48 bits per heavy atom. The van der Waals surface area contributed by atoms with Crippen LogP contribution in [0, 0.1) is 0 Å². The summed E-state index contributed by atoms with van der Waals surface area (Å²) >= 11 is 0. The van der Waals surface area contributed by atoms with Gasteiger partial charge in [0, 0.05) is 37.4 Å². The quantitative estimate of drug-likeness (QED) is 0.776. The van der Waals surface area contributed by atoms with Crippen LogP contribution < -0.4 is 14.5 Å². The van der Waals surface area contributed by atoms with Crippen molar-refractivity contribution < 1.29 is 17.9 Å². The molecule has 29 heavy (non-hydrogen) atoms. The number of morpholine rings is 1. The summed E-state index contributed by atoms with van der Waals surface area (Å²) in [4.78, 5) is 14.6. The van der Waals surface area contributed by atoms with Crippen LogP contribution in [0.4, 0.5) is 11.4 Å². The van der Waals surface area contributed by atoms with Crippen LogP contribution in [0.15, 0.2) is 48.5 Å². The van der Waals surface area contributed by atoms with Crippen molar-refractivity contribution in [1.29, 1.82) is 0 Å². The second kappa shape index (κ2) is 8.42. The van der Waals surface area contributed by atoms with Gasteiger partial charge in [-0.3, -0.25) is 9.10 Å². The summed E-state index contributed by atoms with van der Waals surface area (Å²) in [5.74, 6) is -0.394. The number of carbonyl (C=O) groups is 1. The highest BCUT2D eigenvalue weighted by Crippen LogP contribution is 2.29. The van der Waals surface area contributed by atoms with Crippen molar-refractivity contribution in [2.24, 2.45) is 0 Å². The third kappa shape index (κ3) is 4.38. The highest BCUT2D eigenvalue weighted by molar-refractivity contribution is 7.92. The highest BCUT2D eigenvalue weighted by atomic mass is 32.2. The molecule has 0 radical (unpaired) electrons. The third-order valence-electron chi connectivity index (χ3n) is 5.33. The molecule has 2 aliphatic heterocycles. The number of hydrogen-bond donors (Lipinski definition) is 1. The molecule has 0 saturated carbocycles. The molecule has 154 valence electrons. The molecule has 0 bridgehead atoms. The number of hydrogen-bond acceptors (Lipinski definition) is 5. The summed E-state index contributed by atoms with van der Waals surface area (Å²) in [7, 11) is -3.47. The Balaban J connectivity index is 1.32. The average Bonchev–Trinajstić information content (AvgIpc) is 3.19. The molecule has 0 aliphatic carbocycles. The van der Waals surface area contributed by atoms with Crippen LogP contribution in [-0.4, -0.2) is 59.5 Å². The first kappa shape index (κ1) is 19.7. The lowest BCUT2D eigenvalue weighted by Crippen LogP contribution is -2.37. The first-order valence-electron chi connectivity index (χ1n) is 9.84. The van der Waals surface area contributed by atoms with E-state index >= 15 is 0 Å². The monoisotopic (exact) mass is 415 g/mol. The number of fused-ring (bicyclic) bond motifs is 1. The third-order valence-corrected chi connectivity index (χ3v) is 7.10. The zero-order chi connectivity index (χ0) is 20.3. The largest absolute Gasteiger partial charge is 0.378 e. The van der Waals surface area contributed by atoms with Crippen LogP contribution in [0.3, 0.4) is 0 Å². The second-order valence-corrected chi connectivity index (χ2v) is 9.18. The number of nitrogens with one attached hydrogen (secondary N) is 1. The smallest absolute Gasteiger partial charge is 0.251 e. The lowest BCUT2D eigenvalue weighted by Gasteiger charge is -2.28. The highest BCUT2D eigenvalue weighted by Gasteiger charge is 2.28. The van der Waals surface area contributed by atoms with E-state index < -0.39 is 10.0 Å². The second-order valence-electron chi connectivity index (χ2n) is 7.17. The van der Waals surface area contributed by atoms with Gasteiger partial charge in [-0.2, -0.15) is 0 Å². The molecule has 4 rings (SSSR count). The van der Waals surface area contributed by atoms with E-state index in [-0.39, 0.29) is 18.2 Å². The average molecular weight is 416 g/mol. The number of rotatable bonds is 6. The summed E-state index contributed by atoms with van der Waals surface area (Å²) in [5.41, 5.74) is 3.36. The summed E-state index contributed by atoms with van der Waals surface area (Å²) < 4.78 is 32.2. The van der Waals surface area contributed by atoms with Crippen LogP contribution in [0.2, 0.25) is 0 Å². The topological polar surface area (TPSA) is 79.0 Å². The summed E-state index contributed by atoms with van der Waals surface area (Å²) in [6.07, 6.45) is 0.719. The number of nitrogens with zero attached hydrogens (tertiary/aromatic N) is 2. The SMILES string of the molecule is O=C(NCCS(=O)(=O)N1CCc2ccccc21)c1ccc(N2CCOCC2)cc1. The Hall–Kier alpha value is -2.58. The van der Waals surface area contributed by atoms with Crippen molar-refractivity contribution >= 4 is 27.3 Å². The van der Waals surface area contributed by atoms with Crippen molar-refractivity contribution in [3.8, 4) is 0 Å². The normalized spacial score (nSPS) is 16.6. The molecule has 2 aromatic rings. The first-order valence-corrected chi connectivity index (χ1v) is 11.4. The summed E-state index contributed by atoms with van der Waals surface area (Å²) in [6, 6.07) is 14.9. The fraction of sp³-hybridized carbons (Fsp3) is 0.381. The number of carbonyl (C=O) groups excluding carboxylic acids is 1. The van der Waals surface area contributed by atoms with Gasteiger partial charge in [0.2, 0.25) is 10.0 Å². The Morgan fingerprint density at radius 1 is 1.00 bits per heavy atom. The van der Waals surface area contributed by atoms with E-state index in [1.807, 2.05) is 36.4 Å². The molecular weight excluding hydrogens is 390 g/mol. The number of benzene rings is 2. The first-order chi connectivity index (χ1) is 14.0. The van der Waals surface area contributed by atoms with Crippen molar-refractivity contribution in [1.82, 2.24) is 5.32 Å². The predicted octanol–water partition coefficient (Wildman–Crippen LogP) is 1.65. The molecule has 1 N–H and O–H groups in total. The van der Waals surface area contributed by atoms with Crippen molar-refractivity contribution in [3.63, 3.8) is 0 Å². The molecule has 2 aliphatic rings. The molecule has 2 aromatic carbocycles. The Labute approximate surface area is 171 Å². The Kier molecular flexibility index (Phi) is 5.73. The summed E-state index contributed by atoms with van der Waals surface area (Å²) in [5, 5.41) is 2.72. The van der Waals surface area contributed by atoms with Gasteiger partial charge in [-0.1, -0.05) is 18.2 Å². The van der Waals surface area contributed by atoms with Crippen molar-refractivity contribution in [2.45, 2.75) is 6.42 Å². The van der Waals surface area contributed by atoms with Gasteiger partial charge in [0.15, 0.2) is 0 Å². The zero-order valence-electron chi connectivity index (χ0n) is 16.2. The number of amides is 1. The maximum atomic E-state index is 12.7. The van der Waals surface area contributed by atoms with E-state index in [0.29, 0.717) is 25.3 Å². The molecule has 1 amide bonds.